The summed E-state index contributed by atoms with van der Waals surface area (Å²) in [6.45, 7) is 11.4. The summed E-state index contributed by atoms with van der Waals surface area (Å²) in [5, 5.41) is 3.77. The van der Waals surface area contributed by atoms with E-state index in [4.69, 9.17) is 9.78 Å². The van der Waals surface area contributed by atoms with Gasteiger partial charge in [0, 0.05) is 11.1 Å². The second-order valence-corrected chi connectivity index (χ2v) is 13.1. The Morgan fingerprint density at radius 3 is 1.77 bits per heavy atom. The van der Waals surface area contributed by atoms with Crippen LogP contribution in [0.2, 0.25) is 0 Å². The zero-order valence-electron chi connectivity index (χ0n) is 24.1. The summed E-state index contributed by atoms with van der Waals surface area (Å²) < 4.78 is 0. The second kappa shape index (κ2) is 16.3. The van der Waals surface area contributed by atoms with Crippen molar-refractivity contribution in [3.05, 3.63) is 0 Å². The summed E-state index contributed by atoms with van der Waals surface area (Å²) in [6.07, 6.45) is 24.8. The van der Waals surface area contributed by atoms with Crippen LogP contribution in [0.1, 0.15) is 163 Å². The van der Waals surface area contributed by atoms with E-state index in [0.29, 0.717) is 5.92 Å². The lowest BCUT2D eigenvalue weighted by molar-refractivity contribution is -0.306. The van der Waals surface area contributed by atoms with Crippen LogP contribution in [-0.4, -0.2) is 23.2 Å². The number of hydrogen-bond acceptors (Lipinski definition) is 4. The van der Waals surface area contributed by atoms with E-state index in [2.05, 4.69) is 39.9 Å². The number of unbranched alkanes of at least 4 members (excludes halogenated alkanes) is 11. The average Bonchev–Trinajstić information content (AvgIpc) is 2.79. The van der Waals surface area contributed by atoms with Crippen LogP contribution in [0.25, 0.3) is 0 Å². The molecule has 1 heterocycles. The Labute approximate surface area is 218 Å². The molecule has 1 aliphatic carbocycles. The van der Waals surface area contributed by atoms with Gasteiger partial charge in [-0.3, -0.25) is 4.89 Å². The first kappa shape index (κ1) is 30.6. The Kier molecular flexibility index (Phi) is 14.2. The number of carbonyl (C=O) groups is 1. The summed E-state index contributed by atoms with van der Waals surface area (Å²) in [7, 11) is 0. The highest BCUT2D eigenvalue weighted by molar-refractivity contribution is 5.72. The van der Waals surface area contributed by atoms with Crippen LogP contribution in [0, 0.1) is 11.8 Å². The quantitative estimate of drug-likeness (QED) is 0.125. The van der Waals surface area contributed by atoms with Crippen LogP contribution in [0.4, 0.5) is 0 Å². The predicted octanol–water partition coefficient (Wildman–Crippen LogP) is 9.06. The fraction of sp³-hybridized carbons (Fsp3) is 0.968. The SMILES string of the molecule is CCCCCCCCCCCCCCC(C(=O)OOC1CCCCC1)C1CC(C)(C)NC(C)(C)C1. The molecule has 0 aromatic heterocycles. The fourth-order valence-electron chi connectivity index (χ4n) is 6.78. The molecular weight excluding hydrogens is 434 g/mol. The second-order valence-electron chi connectivity index (χ2n) is 13.1. The van der Waals surface area contributed by atoms with Crippen molar-refractivity contribution in [3.8, 4) is 0 Å². The highest BCUT2D eigenvalue weighted by Gasteiger charge is 2.43. The molecule has 0 aromatic rings. The number of carbonyl (C=O) groups excluding carboxylic acids is 1. The normalized spacial score (nSPS) is 21.6. The molecular formula is C31H59NO3. The molecule has 2 rings (SSSR count). The van der Waals surface area contributed by atoms with Gasteiger partial charge in [-0.25, -0.2) is 4.79 Å². The molecule has 4 heteroatoms. The monoisotopic (exact) mass is 493 g/mol. The van der Waals surface area contributed by atoms with E-state index in [1.54, 1.807) is 0 Å². The van der Waals surface area contributed by atoms with E-state index in [0.717, 1.165) is 38.5 Å². The van der Waals surface area contributed by atoms with Crippen LogP contribution < -0.4 is 5.32 Å². The summed E-state index contributed by atoms with van der Waals surface area (Å²) in [4.78, 5) is 24.5. The molecule has 0 amide bonds. The smallest absolute Gasteiger partial charge is 0.307 e. The minimum absolute atomic E-state index is 0.0334. The lowest BCUT2D eigenvalue weighted by Crippen LogP contribution is -2.59. The maximum atomic E-state index is 13.3. The van der Waals surface area contributed by atoms with E-state index >= 15 is 0 Å². The van der Waals surface area contributed by atoms with Crippen molar-refractivity contribution in [2.75, 3.05) is 0 Å². The van der Waals surface area contributed by atoms with Crippen molar-refractivity contribution >= 4 is 5.97 Å². The first-order valence-corrected chi connectivity index (χ1v) is 15.4. The number of piperidine rings is 1. The fourth-order valence-corrected chi connectivity index (χ4v) is 6.78. The summed E-state index contributed by atoms with van der Waals surface area (Å²) in [5.41, 5.74) is 0.0669. The Hall–Kier alpha value is -0.610. The molecule has 1 aliphatic heterocycles. The van der Waals surface area contributed by atoms with Crippen molar-refractivity contribution in [3.63, 3.8) is 0 Å². The lowest BCUT2D eigenvalue weighted by Gasteiger charge is -2.48. The van der Waals surface area contributed by atoms with Gasteiger partial charge in [-0.15, -0.1) is 0 Å². The van der Waals surface area contributed by atoms with Gasteiger partial charge in [0.05, 0.1) is 5.92 Å². The molecule has 35 heavy (non-hydrogen) atoms. The van der Waals surface area contributed by atoms with Crippen LogP contribution in [0.3, 0.4) is 0 Å². The topological polar surface area (TPSA) is 47.6 Å². The number of nitrogens with one attached hydrogen (secondary N) is 1. The van der Waals surface area contributed by atoms with Crippen molar-refractivity contribution < 1.29 is 14.6 Å². The molecule has 1 saturated heterocycles. The van der Waals surface area contributed by atoms with Crippen molar-refractivity contribution in [2.45, 2.75) is 180 Å². The van der Waals surface area contributed by atoms with E-state index in [9.17, 15) is 4.79 Å². The molecule has 2 aliphatic rings. The summed E-state index contributed by atoms with van der Waals surface area (Å²) >= 11 is 0. The highest BCUT2D eigenvalue weighted by Crippen LogP contribution is 2.39. The van der Waals surface area contributed by atoms with Crippen LogP contribution >= 0.6 is 0 Å². The van der Waals surface area contributed by atoms with Crippen LogP contribution in [-0.2, 0) is 14.6 Å². The average molecular weight is 494 g/mol. The lowest BCUT2D eigenvalue weighted by atomic mass is 9.69. The van der Waals surface area contributed by atoms with E-state index in [1.165, 1.54) is 89.9 Å². The maximum Gasteiger partial charge on any atom is 0.345 e. The first-order valence-electron chi connectivity index (χ1n) is 15.4. The van der Waals surface area contributed by atoms with E-state index in [-0.39, 0.29) is 29.1 Å². The zero-order chi connectivity index (χ0) is 25.6. The minimum atomic E-state index is -0.114. The molecule has 2 fully saturated rings. The third kappa shape index (κ3) is 13.0. The molecule has 1 unspecified atom stereocenters. The van der Waals surface area contributed by atoms with Crippen molar-refractivity contribution in [2.24, 2.45) is 11.8 Å². The largest absolute Gasteiger partial charge is 0.345 e. The van der Waals surface area contributed by atoms with Gasteiger partial charge in [-0.2, -0.15) is 4.89 Å². The van der Waals surface area contributed by atoms with Gasteiger partial charge >= 0.3 is 5.97 Å². The third-order valence-corrected chi connectivity index (χ3v) is 8.28. The van der Waals surface area contributed by atoms with Gasteiger partial charge in [-0.1, -0.05) is 103 Å². The van der Waals surface area contributed by atoms with E-state index in [1.807, 2.05) is 0 Å². The van der Waals surface area contributed by atoms with Gasteiger partial charge in [0.2, 0.25) is 0 Å². The zero-order valence-corrected chi connectivity index (χ0v) is 24.1. The Balaban J connectivity index is 1.75. The molecule has 1 N–H and O–H groups in total. The van der Waals surface area contributed by atoms with Crippen LogP contribution in [0.15, 0.2) is 0 Å². The van der Waals surface area contributed by atoms with Gasteiger partial charge in [0.1, 0.15) is 6.10 Å². The molecule has 1 atom stereocenters. The van der Waals surface area contributed by atoms with Gasteiger partial charge in [-0.05, 0) is 65.7 Å². The van der Waals surface area contributed by atoms with Gasteiger partial charge in [0.25, 0.3) is 0 Å². The van der Waals surface area contributed by atoms with Crippen molar-refractivity contribution in [1.29, 1.82) is 0 Å². The Bertz CT molecular complexity index is 552. The molecule has 206 valence electrons. The molecule has 0 spiro atoms. The number of rotatable bonds is 17. The van der Waals surface area contributed by atoms with E-state index < -0.39 is 0 Å². The predicted molar refractivity (Wildman–Crippen MR) is 147 cm³/mol. The molecule has 4 nitrogen and oxygen atoms in total. The van der Waals surface area contributed by atoms with Gasteiger partial charge in [0.15, 0.2) is 0 Å². The first-order chi connectivity index (χ1) is 16.7. The van der Waals surface area contributed by atoms with Crippen molar-refractivity contribution in [1.82, 2.24) is 5.32 Å². The Morgan fingerprint density at radius 1 is 0.771 bits per heavy atom. The molecule has 1 saturated carbocycles. The highest BCUT2D eigenvalue weighted by atomic mass is 17.2. The minimum Gasteiger partial charge on any atom is -0.307 e. The molecule has 0 radical (unpaired) electrons. The third-order valence-electron chi connectivity index (χ3n) is 8.28. The number of hydrogen-bond donors (Lipinski definition) is 1. The molecule has 0 aromatic carbocycles. The van der Waals surface area contributed by atoms with Crippen LogP contribution in [0.5, 0.6) is 0 Å². The molecule has 0 bridgehead atoms. The van der Waals surface area contributed by atoms with Gasteiger partial charge < -0.3 is 5.32 Å². The summed E-state index contributed by atoms with van der Waals surface area (Å²) in [6, 6.07) is 0. The summed E-state index contributed by atoms with van der Waals surface area (Å²) in [5.74, 6) is 0.177. The standard InChI is InChI=1S/C31H59NO3/c1-6-7-8-9-10-11-12-13-14-15-16-20-23-28(26-24-30(2,3)32-31(4,5)25-26)29(33)35-34-27-21-18-17-19-22-27/h26-28,32H,6-25H2,1-5H3. The maximum absolute atomic E-state index is 13.3. The Morgan fingerprint density at radius 2 is 1.26 bits per heavy atom.